The molecule has 0 bridgehead atoms. The molecule has 2 aromatic carbocycles. The summed E-state index contributed by atoms with van der Waals surface area (Å²) in [6.07, 6.45) is 5.45. The number of hydrogen-bond donors (Lipinski definition) is 1. The van der Waals surface area contributed by atoms with Crippen molar-refractivity contribution in [1.82, 2.24) is 4.90 Å². The fourth-order valence-corrected chi connectivity index (χ4v) is 4.29. The van der Waals surface area contributed by atoms with Crippen molar-refractivity contribution in [3.8, 4) is 11.5 Å². The highest BCUT2D eigenvalue weighted by Gasteiger charge is 2.31. The van der Waals surface area contributed by atoms with Crippen LogP contribution in [0.3, 0.4) is 0 Å². The molecule has 1 atom stereocenters. The highest BCUT2D eigenvalue weighted by molar-refractivity contribution is 5.80. The first kappa shape index (κ1) is 18.7. The predicted molar refractivity (Wildman–Crippen MR) is 110 cm³/mol. The molecule has 5 nitrogen and oxygen atoms in total. The van der Waals surface area contributed by atoms with Gasteiger partial charge < -0.3 is 20.1 Å². The van der Waals surface area contributed by atoms with Crippen LogP contribution in [0.25, 0.3) is 0 Å². The van der Waals surface area contributed by atoms with E-state index in [2.05, 4.69) is 12.1 Å². The highest BCUT2D eigenvalue weighted by atomic mass is 16.5. The average Bonchev–Trinajstić information content (AvgIpc) is 3.32. The number of nitrogens with zero attached hydrogens (tertiary/aromatic N) is 1. The third-order valence-corrected chi connectivity index (χ3v) is 5.79. The molecule has 0 spiro atoms. The van der Waals surface area contributed by atoms with Crippen LogP contribution < -0.4 is 15.2 Å². The smallest absolute Gasteiger partial charge is 0.223 e. The minimum Gasteiger partial charge on any atom is -0.493 e. The molecule has 5 heteroatoms. The third-order valence-electron chi connectivity index (χ3n) is 5.79. The molecule has 0 radical (unpaired) electrons. The van der Waals surface area contributed by atoms with E-state index >= 15 is 0 Å². The maximum Gasteiger partial charge on any atom is 0.223 e. The van der Waals surface area contributed by atoms with Crippen LogP contribution in [0.15, 0.2) is 42.5 Å². The van der Waals surface area contributed by atoms with Gasteiger partial charge in [-0.25, -0.2) is 0 Å². The van der Waals surface area contributed by atoms with Crippen molar-refractivity contribution >= 4 is 11.6 Å². The Kier molecular flexibility index (Phi) is 5.42. The molecule has 148 valence electrons. The Balaban J connectivity index is 1.48. The standard InChI is InChI=1S/C23H28N2O3/c1-27-21-10-9-17(12-22(21)28-20-7-2-3-8-20)18-13-23(26)25(15-18)14-16-5-4-6-19(24)11-16/h4-6,9-12,18,20H,2-3,7-8,13-15,24H2,1H3. The van der Waals surface area contributed by atoms with Crippen molar-refractivity contribution in [3.05, 3.63) is 53.6 Å². The summed E-state index contributed by atoms with van der Waals surface area (Å²) in [6.45, 7) is 1.31. The Morgan fingerprint density at radius 2 is 1.93 bits per heavy atom. The van der Waals surface area contributed by atoms with Gasteiger partial charge in [-0.05, 0) is 61.1 Å². The molecule has 1 heterocycles. The highest BCUT2D eigenvalue weighted by Crippen LogP contribution is 2.37. The number of nitrogen functional groups attached to an aromatic ring is 1. The van der Waals surface area contributed by atoms with Gasteiger partial charge >= 0.3 is 0 Å². The molecule has 1 unspecified atom stereocenters. The number of carbonyl (C=O) groups is 1. The molecule has 0 aromatic heterocycles. The van der Waals surface area contributed by atoms with E-state index in [0.29, 0.717) is 19.5 Å². The zero-order valence-corrected chi connectivity index (χ0v) is 16.4. The maximum atomic E-state index is 12.6. The number of hydrogen-bond acceptors (Lipinski definition) is 4. The quantitative estimate of drug-likeness (QED) is 0.766. The van der Waals surface area contributed by atoms with Gasteiger partial charge in [0, 0.05) is 31.1 Å². The molecule has 1 saturated carbocycles. The molecule has 2 aromatic rings. The number of rotatable bonds is 6. The first-order valence-electron chi connectivity index (χ1n) is 10.1. The van der Waals surface area contributed by atoms with Crippen LogP contribution in [0, 0.1) is 0 Å². The second-order valence-corrected chi connectivity index (χ2v) is 7.85. The number of nitrogens with two attached hydrogens (primary N) is 1. The first-order chi connectivity index (χ1) is 13.6. The third kappa shape index (κ3) is 4.08. The average molecular weight is 380 g/mol. The van der Waals surface area contributed by atoms with Gasteiger partial charge in [0.2, 0.25) is 5.91 Å². The lowest BCUT2D eigenvalue weighted by Crippen LogP contribution is -2.24. The summed E-state index contributed by atoms with van der Waals surface area (Å²) >= 11 is 0. The summed E-state index contributed by atoms with van der Waals surface area (Å²) in [5.74, 6) is 1.91. The van der Waals surface area contributed by atoms with Gasteiger partial charge in [0.25, 0.3) is 0 Å². The lowest BCUT2D eigenvalue weighted by molar-refractivity contribution is -0.128. The van der Waals surface area contributed by atoms with Gasteiger partial charge in [-0.2, -0.15) is 0 Å². The van der Waals surface area contributed by atoms with Gasteiger partial charge in [-0.15, -0.1) is 0 Å². The lowest BCUT2D eigenvalue weighted by atomic mass is 9.98. The predicted octanol–water partition coefficient (Wildman–Crippen LogP) is 4.11. The van der Waals surface area contributed by atoms with Gasteiger partial charge in [0.05, 0.1) is 13.2 Å². The topological polar surface area (TPSA) is 64.8 Å². The summed E-state index contributed by atoms with van der Waals surface area (Å²) in [4.78, 5) is 14.5. The summed E-state index contributed by atoms with van der Waals surface area (Å²) in [5, 5.41) is 0. The normalized spacial score (nSPS) is 20.0. The fourth-order valence-electron chi connectivity index (χ4n) is 4.29. The summed E-state index contributed by atoms with van der Waals surface area (Å²) < 4.78 is 11.7. The van der Waals surface area contributed by atoms with Crippen molar-refractivity contribution < 1.29 is 14.3 Å². The Hall–Kier alpha value is -2.69. The van der Waals surface area contributed by atoms with Crippen LogP contribution >= 0.6 is 0 Å². The van der Waals surface area contributed by atoms with Crippen molar-refractivity contribution in [2.45, 2.75) is 50.7 Å². The van der Waals surface area contributed by atoms with E-state index in [9.17, 15) is 4.79 Å². The number of likely N-dealkylation sites (tertiary alicyclic amines) is 1. The van der Waals surface area contributed by atoms with E-state index in [1.807, 2.05) is 35.2 Å². The number of amides is 1. The molecule has 2 N–H and O–H groups in total. The Labute approximate surface area is 166 Å². The summed E-state index contributed by atoms with van der Waals surface area (Å²) in [7, 11) is 1.67. The monoisotopic (exact) mass is 380 g/mol. The van der Waals surface area contributed by atoms with Crippen molar-refractivity contribution in [2.75, 3.05) is 19.4 Å². The van der Waals surface area contributed by atoms with E-state index < -0.39 is 0 Å². The molecule has 1 aliphatic heterocycles. The molecule has 28 heavy (non-hydrogen) atoms. The number of carbonyl (C=O) groups excluding carboxylic acids is 1. The zero-order chi connectivity index (χ0) is 19.5. The maximum absolute atomic E-state index is 12.6. The van der Waals surface area contributed by atoms with E-state index in [1.54, 1.807) is 7.11 Å². The van der Waals surface area contributed by atoms with Gasteiger partial charge in [-0.3, -0.25) is 4.79 Å². The minimum absolute atomic E-state index is 0.172. The molecule has 2 fully saturated rings. The molecular weight excluding hydrogens is 352 g/mol. The number of benzene rings is 2. The van der Waals surface area contributed by atoms with Crippen LogP contribution in [-0.2, 0) is 11.3 Å². The van der Waals surface area contributed by atoms with E-state index in [1.165, 1.54) is 12.8 Å². The molecule has 1 aliphatic carbocycles. The minimum atomic E-state index is 0.172. The molecule has 1 amide bonds. The number of anilines is 1. The Morgan fingerprint density at radius 1 is 1.11 bits per heavy atom. The fraction of sp³-hybridized carbons (Fsp3) is 0.435. The second-order valence-electron chi connectivity index (χ2n) is 7.85. The Bertz CT molecular complexity index is 845. The van der Waals surface area contributed by atoms with Crippen molar-refractivity contribution in [3.63, 3.8) is 0 Å². The zero-order valence-electron chi connectivity index (χ0n) is 16.4. The van der Waals surface area contributed by atoms with Crippen LogP contribution in [0.5, 0.6) is 11.5 Å². The van der Waals surface area contributed by atoms with E-state index in [4.69, 9.17) is 15.2 Å². The molecule has 2 aliphatic rings. The molecule has 1 saturated heterocycles. The van der Waals surface area contributed by atoms with Gasteiger partial charge in [0.15, 0.2) is 11.5 Å². The summed E-state index contributed by atoms with van der Waals surface area (Å²) in [5.41, 5.74) is 8.79. The largest absolute Gasteiger partial charge is 0.493 e. The summed E-state index contributed by atoms with van der Waals surface area (Å²) in [6, 6.07) is 13.8. The SMILES string of the molecule is COc1ccc(C2CC(=O)N(Cc3cccc(N)c3)C2)cc1OC1CCCC1. The van der Waals surface area contributed by atoms with Crippen molar-refractivity contribution in [2.24, 2.45) is 0 Å². The van der Waals surface area contributed by atoms with Gasteiger partial charge in [-0.1, -0.05) is 18.2 Å². The molecular formula is C23H28N2O3. The van der Waals surface area contributed by atoms with Crippen molar-refractivity contribution in [1.29, 1.82) is 0 Å². The van der Waals surface area contributed by atoms with Crippen LogP contribution in [0.4, 0.5) is 5.69 Å². The Morgan fingerprint density at radius 3 is 2.68 bits per heavy atom. The van der Waals surface area contributed by atoms with E-state index in [0.717, 1.165) is 41.2 Å². The van der Waals surface area contributed by atoms with E-state index in [-0.39, 0.29) is 17.9 Å². The number of ether oxygens (including phenoxy) is 2. The van der Waals surface area contributed by atoms with Crippen LogP contribution in [-0.4, -0.2) is 30.6 Å². The van der Waals surface area contributed by atoms with Crippen LogP contribution in [0.2, 0.25) is 0 Å². The van der Waals surface area contributed by atoms with Gasteiger partial charge in [0.1, 0.15) is 0 Å². The number of methoxy groups -OCH3 is 1. The first-order valence-corrected chi connectivity index (χ1v) is 10.1. The molecule has 4 rings (SSSR count). The second kappa shape index (κ2) is 8.13. The lowest BCUT2D eigenvalue weighted by Gasteiger charge is -2.19. The van der Waals surface area contributed by atoms with Crippen LogP contribution in [0.1, 0.15) is 49.1 Å².